The Morgan fingerprint density at radius 3 is 2.42 bits per heavy atom. The van der Waals surface area contributed by atoms with Gasteiger partial charge in [-0.1, -0.05) is 65.1 Å². The molecule has 0 spiro atoms. The lowest BCUT2D eigenvalue weighted by molar-refractivity contribution is 0.0724. The van der Waals surface area contributed by atoms with E-state index in [1.807, 2.05) is 30.3 Å². The first kappa shape index (κ1) is 30.0. The van der Waals surface area contributed by atoms with Gasteiger partial charge >= 0.3 is 5.97 Å². The van der Waals surface area contributed by atoms with E-state index in [-0.39, 0.29) is 17.0 Å². The first-order chi connectivity index (χ1) is 20.8. The minimum absolute atomic E-state index is 0.168. The van der Waals surface area contributed by atoms with Gasteiger partial charge in [0.1, 0.15) is 17.0 Å². The summed E-state index contributed by atoms with van der Waals surface area (Å²) in [5, 5.41) is 6.03. The molecule has 1 aromatic heterocycles. The Labute approximate surface area is 262 Å². The van der Waals surface area contributed by atoms with Crippen LogP contribution < -0.4 is 19.6 Å². The lowest BCUT2D eigenvalue weighted by Gasteiger charge is -2.13. The molecule has 1 heterocycles. The Balaban J connectivity index is 1.38. The summed E-state index contributed by atoms with van der Waals surface area (Å²) in [6.07, 6.45) is 1.45. The molecule has 0 aliphatic rings. The van der Waals surface area contributed by atoms with E-state index in [0.29, 0.717) is 55.2 Å². The number of nitrogens with zero attached hydrogens (tertiary/aromatic N) is 1. The summed E-state index contributed by atoms with van der Waals surface area (Å²) in [6, 6.07) is 22.3. The van der Waals surface area contributed by atoms with Crippen molar-refractivity contribution in [2.24, 2.45) is 5.10 Å². The zero-order valence-corrected chi connectivity index (χ0v) is 25.2. The van der Waals surface area contributed by atoms with Gasteiger partial charge in [-0.2, -0.15) is 5.10 Å². The molecule has 0 bridgehead atoms. The van der Waals surface area contributed by atoms with E-state index >= 15 is 0 Å². The Kier molecular flexibility index (Phi) is 9.21. The second-order valence-electron chi connectivity index (χ2n) is 9.12. The fourth-order valence-electron chi connectivity index (χ4n) is 4.49. The topological polar surface area (TPSA) is 102 Å². The van der Waals surface area contributed by atoms with Crippen molar-refractivity contribution in [2.75, 3.05) is 13.7 Å². The van der Waals surface area contributed by atoms with Gasteiger partial charge in [0, 0.05) is 26.5 Å². The van der Waals surface area contributed by atoms with Gasteiger partial charge in [-0.25, -0.2) is 10.2 Å². The summed E-state index contributed by atoms with van der Waals surface area (Å²) in [4.78, 5) is 29.3. The average molecular weight is 637 g/mol. The summed E-state index contributed by atoms with van der Waals surface area (Å²) in [5.74, 6) is -0.327. The van der Waals surface area contributed by atoms with E-state index in [0.717, 1.165) is 5.56 Å². The number of aromatic amines is 1. The molecule has 218 valence electrons. The second-order valence-corrected chi connectivity index (χ2v) is 10.4. The number of methoxy groups -OCH3 is 1. The number of halogens is 3. The highest BCUT2D eigenvalue weighted by Gasteiger charge is 2.22. The number of ether oxygens (including phenoxy) is 3. The summed E-state index contributed by atoms with van der Waals surface area (Å²) < 4.78 is 16.6. The van der Waals surface area contributed by atoms with Crippen LogP contribution in [0.3, 0.4) is 0 Å². The number of esters is 1. The van der Waals surface area contributed by atoms with Crippen molar-refractivity contribution >= 4 is 63.8 Å². The van der Waals surface area contributed by atoms with E-state index in [2.05, 4.69) is 15.5 Å². The number of H-pyrrole nitrogens is 1. The molecule has 4 aromatic carbocycles. The van der Waals surface area contributed by atoms with E-state index in [1.54, 1.807) is 49.4 Å². The summed E-state index contributed by atoms with van der Waals surface area (Å²) in [6.45, 7) is 2.12. The van der Waals surface area contributed by atoms with E-state index in [1.165, 1.54) is 19.4 Å². The Morgan fingerprint density at radius 1 is 0.907 bits per heavy atom. The predicted molar refractivity (Wildman–Crippen MR) is 169 cm³/mol. The maximum Gasteiger partial charge on any atom is 0.347 e. The standard InChI is InChI=1S/C32H24Cl3N3O5/c1-3-42-27-13-18(9-11-26(27)43-32(40)22-14-20(33)10-12-25(22)41-2)17-36-38-31(39)30-28(19-7-5-4-6-8-19)29-23(35)15-21(34)16-24(29)37-30/h4-17,37H,3H2,1-2H3,(H,38,39). The van der Waals surface area contributed by atoms with Crippen LogP contribution in [0.25, 0.3) is 22.0 Å². The first-order valence-corrected chi connectivity index (χ1v) is 14.1. The average Bonchev–Trinajstić information content (AvgIpc) is 3.39. The highest BCUT2D eigenvalue weighted by atomic mass is 35.5. The third kappa shape index (κ3) is 6.62. The van der Waals surface area contributed by atoms with Gasteiger partial charge in [-0.05, 0) is 66.6 Å². The van der Waals surface area contributed by atoms with E-state index < -0.39 is 11.9 Å². The van der Waals surface area contributed by atoms with Crippen LogP contribution in [0.1, 0.15) is 33.3 Å². The van der Waals surface area contributed by atoms with Crippen LogP contribution in [-0.2, 0) is 0 Å². The normalized spacial score (nSPS) is 11.1. The molecule has 0 saturated heterocycles. The third-order valence-corrected chi connectivity index (χ3v) is 7.09. The van der Waals surface area contributed by atoms with Gasteiger partial charge in [-0.3, -0.25) is 4.79 Å². The Hall–Kier alpha value is -4.50. The number of hydrazone groups is 1. The van der Waals surface area contributed by atoms with Crippen LogP contribution in [0.2, 0.25) is 15.1 Å². The molecule has 5 rings (SSSR count). The van der Waals surface area contributed by atoms with Crippen molar-refractivity contribution in [3.63, 3.8) is 0 Å². The molecule has 5 aromatic rings. The van der Waals surface area contributed by atoms with Gasteiger partial charge in [0.05, 0.1) is 25.0 Å². The molecule has 0 unspecified atom stereocenters. The van der Waals surface area contributed by atoms with Crippen molar-refractivity contribution in [3.05, 3.63) is 111 Å². The van der Waals surface area contributed by atoms with Gasteiger partial charge in [0.2, 0.25) is 0 Å². The zero-order chi connectivity index (χ0) is 30.5. The minimum Gasteiger partial charge on any atom is -0.496 e. The molecule has 0 aliphatic heterocycles. The third-order valence-electron chi connectivity index (χ3n) is 6.34. The number of carbonyl (C=O) groups excluding carboxylic acids is 2. The number of benzene rings is 4. The van der Waals surface area contributed by atoms with Crippen LogP contribution in [0.5, 0.6) is 17.2 Å². The molecule has 0 aliphatic carbocycles. The van der Waals surface area contributed by atoms with Crippen molar-refractivity contribution < 1.29 is 23.8 Å². The quantitative estimate of drug-likeness (QED) is 0.0735. The fraction of sp³-hybridized carbons (Fsp3) is 0.0938. The molecule has 0 fully saturated rings. The Bertz CT molecular complexity index is 1850. The van der Waals surface area contributed by atoms with Crippen molar-refractivity contribution in [1.29, 1.82) is 0 Å². The largest absolute Gasteiger partial charge is 0.496 e. The SMILES string of the molecule is CCOc1cc(C=NNC(=O)c2[nH]c3cc(Cl)cc(Cl)c3c2-c2ccccc2)ccc1OC(=O)c1cc(Cl)ccc1OC. The molecule has 0 saturated carbocycles. The van der Waals surface area contributed by atoms with Gasteiger partial charge < -0.3 is 19.2 Å². The number of fused-ring (bicyclic) bond motifs is 1. The van der Waals surface area contributed by atoms with E-state index in [4.69, 9.17) is 49.0 Å². The number of aromatic nitrogens is 1. The number of hydrogen-bond donors (Lipinski definition) is 2. The molecular weight excluding hydrogens is 613 g/mol. The zero-order valence-electron chi connectivity index (χ0n) is 22.9. The maximum atomic E-state index is 13.3. The lowest BCUT2D eigenvalue weighted by atomic mass is 10.0. The van der Waals surface area contributed by atoms with Crippen LogP contribution in [0.15, 0.2) is 84.0 Å². The molecule has 2 N–H and O–H groups in total. The van der Waals surface area contributed by atoms with Crippen molar-refractivity contribution in [3.8, 4) is 28.4 Å². The van der Waals surface area contributed by atoms with Crippen molar-refractivity contribution in [2.45, 2.75) is 6.92 Å². The van der Waals surface area contributed by atoms with Gasteiger partial charge in [0.15, 0.2) is 11.5 Å². The molecular formula is C32H24Cl3N3O5. The highest BCUT2D eigenvalue weighted by Crippen LogP contribution is 2.38. The van der Waals surface area contributed by atoms with Gasteiger partial charge in [0.25, 0.3) is 5.91 Å². The summed E-state index contributed by atoms with van der Waals surface area (Å²) in [5.41, 5.74) is 5.63. The summed E-state index contributed by atoms with van der Waals surface area (Å²) >= 11 is 18.8. The first-order valence-electron chi connectivity index (χ1n) is 13.0. The van der Waals surface area contributed by atoms with Crippen LogP contribution in [0, 0.1) is 0 Å². The number of rotatable bonds is 9. The van der Waals surface area contributed by atoms with Crippen LogP contribution in [0.4, 0.5) is 0 Å². The smallest absolute Gasteiger partial charge is 0.347 e. The monoisotopic (exact) mass is 635 g/mol. The van der Waals surface area contributed by atoms with E-state index in [9.17, 15) is 9.59 Å². The lowest BCUT2D eigenvalue weighted by Crippen LogP contribution is -2.18. The predicted octanol–water partition coefficient (Wildman–Crippen LogP) is 8.19. The number of amides is 1. The summed E-state index contributed by atoms with van der Waals surface area (Å²) in [7, 11) is 1.45. The molecule has 11 heteroatoms. The van der Waals surface area contributed by atoms with Crippen LogP contribution in [-0.4, -0.2) is 36.8 Å². The molecule has 43 heavy (non-hydrogen) atoms. The highest BCUT2D eigenvalue weighted by molar-refractivity contribution is 6.40. The molecule has 1 amide bonds. The van der Waals surface area contributed by atoms with Crippen molar-refractivity contribution in [1.82, 2.24) is 10.4 Å². The van der Waals surface area contributed by atoms with Gasteiger partial charge in [-0.15, -0.1) is 0 Å². The molecule has 0 radical (unpaired) electrons. The maximum absolute atomic E-state index is 13.3. The number of hydrogen-bond acceptors (Lipinski definition) is 6. The second kappa shape index (κ2) is 13.2. The molecule has 8 nitrogen and oxygen atoms in total. The molecule has 0 atom stereocenters. The number of nitrogens with one attached hydrogen (secondary N) is 2. The minimum atomic E-state index is -0.664. The fourth-order valence-corrected chi connectivity index (χ4v) is 5.25. The Morgan fingerprint density at radius 2 is 1.67 bits per heavy atom. The number of carbonyl (C=O) groups is 2. The van der Waals surface area contributed by atoms with Crippen LogP contribution >= 0.6 is 34.8 Å².